The number of rotatable bonds is 0. The van der Waals surface area contributed by atoms with Gasteiger partial charge in [-0.25, -0.2) is 9.78 Å². The van der Waals surface area contributed by atoms with E-state index in [4.69, 9.17) is 9.84 Å². The average molecular weight is 249 g/mol. The molecule has 1 atom stereocenters. The van der Waals surface area contributed by atoms with E-state index in [-0.39, 0.29) is 6.04 Å². The molecule has 3 heterocycles. The van der Waals surface area contributed by atoms with Crippen LogP contribution in [0.3, 0.4) is 0 Å². The fraction of sp³-hybridized carbons (Fsp3) is 0.500. The van der Waals surface area contributed by atoms with Crippen LogP contribution in [0.5, 0.6) is 0 Å². The molecule has 6 heteroatoms. The first kappa shape index (κ1) is 11.3. The number of pyridine rings is 1. The van der Waals surface area contributed by atoms with E-state index in [1.807, 2.05) is 12.1 Å². The molecule has 1 amide bonds. The monoisotopic (exact) mass is 249 g/mol. The Bertz CT molecular complexity index is 466. The van der Waals surface area contributed by atoms with Gasteiger partial charge in [0.25, 0.3) is 0 Å². The van der Waals surface area contributed by atoms with Crippen LogP contribution in [-0.2, 0) is 11.3 Å². The van der Waals surface area contributed by atoms with E-state index >= 15 is 0 Å². The maximum Gasteiger partial charge on any atom is 0.407 e. The number of aromatic nitrogens is 1. The van der Waals surface area contributed by atoms with E-state index in [0.29, 0.717) is 32.8 Å². The molecule has 1 aromatic rings. The van der Waals surface area contributed by atoms with Crippen molar-refractivity contribution in [2.45, 2.75) is 12.6 Å². The largest absolute Gasteiger partial charge is 0.465 e. The Balaban J connectivity index is 1.88. The zero-order valence-electron chi connectivity index (χ0n) is 9.95. The van der Waals surface area contributed by atoms with E-state index in [9.17, 15) is 4.79 Å². The van der Waals surface area contributed by atoms with Crippen molar-refractivity contribution >= 4 is 11.9 Å². The first-order valence-electron chi connectivity index (χ1n) is 6.02. The molecule has 96 valence electrons. The Kier molecular flexibility index (Phi) is 2.79. The quantitative estimate of drug-likeness (QED) is 0.736. The normalized spacial score (nSPS) is 23.0. The molecule has 0 radical (unpaired) electrons. The SMILES string of the molecule is O=C(O)N1CCN2c3ncccc3COCC2C1. The fourth-order valence-corrected chi connectivity index (χ4v) is 2.56. The average Bonchev–Trinajstić information content (AvgIpc) is 2.57. The molecule has 2 aliphatic heterocycles. The van der Waals surface area contributed by atoms with Crippen LogP contribution in [0.25, 0.3) is 0 Å². The van der Waals surface area contributed by atoms with Crippen molar-refractivity contribution in [1.82, 2.24) is 9.88 Å². The van der Waals surface area contributed by atoms with Crippen molar-refractivity contribution in [1.29, 1.82) is 0 Å². The number of carboxylic acid groups (broad SMARTS) is 1. The van der Waals surface area contributed by atoms with Crippen molar-refractivity contribution in [3.63, 3.8) is 0 Å². The number of piperazine rings is 1. The molecule has 3 rings (SSSR count). The van der Waals surface area contributed by atoms with Gasteiger partial charge in [-0.1, -0.05) is 6.07 Å². The van der Waals surface area contributed by atoms with Crippen LogP contribution in [-0.4, -0.2) is 53.4 Å². The molecule has 1 unspecified atom stereocenters. The zero-order chi connectivity index (χ0) is 12.5. The van der Waals surface area contributed by atoms with Gasteiger partial charge < -0.3 is 19.6 Å². The predicted octanol–water partition coefficient (Wildman–Crippen LogP) is 0.780. The molecule has 2 aliphatic rings. The number of ether oxygens (including phenoxy) is 1. The molecule has 0 saturated carbocycles. The minimum Gasteiger partial charge on any atom is -0.465 e. The second-order valence-electron chi connectivity index (χ2n) is 4.58. The Morgan fingerprint density at radius 1 is 1.50 bits per heavy atom. The third-order valence-electron chi connectivity index (χ3n) is 3.46. The lowest BCUT2D eigenvalue weighted by Crippen LogP contribution is -2.56. The molecule has 1 fully saturated rings. The number of amides is 1. The van der Waals surface area contributed by atoms with Crippen molar-refractivity contribution in [2.24, 2.45) is 0 Å². The summed E-state index contributed by atoms with van der Waals surface area (Å²) in [7, 11) is 0. The lowest BCUT2D eigenvalue weighted by molar-refractivity contribution is 0.0866. The fourth-order valence-electron chi connectivity index (χ4n) is 2.56. The standard InChI is InChI=1S/C12H15N3O3/c16-12(17)14-4-5-15-10(6-14)8-18-7-9-2-1-3-13-11(9)15/h1-3,10H,4-8H2,(H,16,17). The lowest BCUT2D eigenvalue weighted by Gasteiger charge is -2.40. The van der Waals surface area contributed by atoms with Crippen molar-refractivity contribution in [2.75, 3.05) is 31.1 Å². The van der Waals surface area contributed by atoms with E-state index in [0.717, 1.165) is 11.4 Å². The molecule has 1 N–H and O–H groups in total. The van der Waals surface area contributed by atoms with E-state index in [1.165, 1.54) is 4.90 Å². The third-order valence-corrected chi connectivity index (χ3v) is 3.46. The highest BCUT2D eigenvalue weighted by molar-refractivity contribution is 5.66. The second kappa shape index (κ2) is 4.45. The van der Waals surface area contributed by atoms with Gasteiger partial charge in [0, 0.05) is 31.4 Å². The Morgan fingerprint density at radius 3 is 3.22 bits per heavy atom. The minimum absolute atomic E-state index is 0.0611. The van der Waals surface area contributed by atoms with Gasteiger partial charge in [-0.15, -0.1) is 0 Å². The van der Waals surface area contributed by atoms with Crippen LogP contribution in [0.2, 0.25) is 0 Å². The van der Waals surface area contributed by atoms with Gasteiger partial charge in [-0.05, 0) is 6.07 Å². The van der Waals surface area contributed by atoms with Crippen LogP contribution in [0.1, 0.15) is 5.56 Å². The summed E-state index contributed by atoms with van der Waals surface area (Å²) in [6.45, 7) is 2.75. The van der Waals surface area contributed by atoms with Gasteiger partial charge >= 0.3 is 6.09 Å². The first-order chi connectivity index (χ1) is 8.75. The molecular formula is C12H15N3O3. The van der Waals surface area contributed by atoms with Crippen molar-refractivity contribution in [3.05, 3.63) is 23.9 Å². The highest BCUT2D eigenvalue weighted by Gasteiger charge is 2.33. The smallest absolute Gasteiger partial charge is 0.407 e. The molecule has 0 aliphatic carbocycles. The summed E-state index contributed by atoms with van der Waals surface area (Å²) in [6, 6.07) is 3.97. The van der Waals surface area contributed by atoms with E-state index in [2.05, 4.69) is 9.88 Å². The summed E-state index contributed by atoms with van der Waals surface area (Å²) in [5.74, 6) is 0.935. The molecule has 1 saturated heterocycles. The van der Waals surface area contributed by atoms with Gasteiger partial charge in [0.1, 0.15) is 5.82 Å². The lowest BCUT2D eigenvalue weighted by atomic mass is 10.1. The summed E-state index contributed by atoms with van der Waals surface area (Å²) in [4.78, 5) is 19.0. The molecule has 6 nitrogen and oxygen atoms in total. The number of anilines is 1. The van der Waals surface area contributed by atoms with Crippen LogP contribution < -0.4 is 4.90 Å². The summed E-state index contributed by atoms with van der Waals surface area (Å²) in [5, 5.41) is 9.05. The molecule has 18 heavy (non-hydrogen) atoms. The minimum atomic E-state index is -0.861. The van der Waals surface area contributed by atoms with Crippen LogP contribution in [0, 0.1) is 0 Å². The van der Waals surface area contributed by atoms with Crippen LogP contribution in [0.15, 0.2) is 18.3 Å². The number of hydrogen-bond donors (Lipinski definition) is 1. The summed E-state index contributed by atoms with van der Waals surface area (Å²) in [5.41, 5.74) is 1.07. The molecule has 0 bridgehead atoms. The Hall–Kier alpha value is -1.82. The molecule has 1 aromatic heterocycles. The topological polar surface area (TPSA) is 65.9 Å². The van der Waals surface area contributed by atoms with Crippen LogP contribution in [0.4, 0.5) is 10.6 Å². The van der Waals surface area contributed by atoms with Gasteiger partial charge in [-0.3, -0.25) is 0 Å². The number of fused-ring (bicyclic) bond motifs is 3. The predicted molar refractivity (Wildman–Crippen MR) is 64.6 cm³/mol. The van der Waals surface area contributed by atoms with Gasteiger partial charge in [0.15, 0.2) is 0 Å². The van der Waals surface area contributed by atoms with Crippen molar-refractivity contribution in [3.8, 4) is 0 Å². The van der Waals surface area contributed by atoms with Crippen LogP contribution >= 0.6 is 0 Å². The third kappa shape index (κ3) is 1.88. The van der Waals surface area contributed by atoms with Crippen molar-refractivity contribution < 1.29 is 14.6 Å². The van der Waals surface area contributed by atoms with E-state index < -0.39 is 6.09 Å². The Labute approximate surface area is 105 Å². The summed E-state index contributed by atoms with van der Waals surface area (Å²) >= 11 is 0. The van der Waals surface area contributed by atoms with Gasteiger partial charge in [0.05, 0.1) is 19.3 Å². The zero-order valence-corrected chi connectivity index (χ0v) is 9.95. The molecular weight excluding hydrogens is 234 g/mol. The maximum atomic E-state index is 11.0. The number of nitrogens with zero attached hydrogens (tertiary/aromatic N) is 3. The molecule has 0 aromatic carbocycles. The second-order valence-corrected chi connectivity index (χ2v) is 4.58. The van der Waals surface area contributed by atoms with Gasteiger partial charge in [0.2, 0.25) is 0 Å². The summed E-state index contributed by atoms with van der Waals surface area (Å²) in [6.07, 6.45) is 0.908. The highest BCUT2D eigenvalue weighted by Crippen LogP contribution is 2.26. The summed E-state index contributed by atoms with van der Waals surface area (Å²) < 4.78 is 5.62. The highest BCUT2D eigenvalue weighted by atomic mass is 16.5. The number of carbonyl (C=O) groups is 1. The maximum absolute atomic E-state index is 11.0. The number of hydrogen-bond acceptors (Lipinski definition) is 4. The van der Waals surface area contributed by atoms with Gasteiger partial charge in [-0.2, -0.15) is 0 Å². The first-order valence-corrected chi connectivity index (χ1v) is 6.02. The van der Waals surface area contributed by atoms with E-state index in [1.54, 1.807) is 6.20 Å². The molecule has 0 spiro atoms. The Morgan fingerprint density at radius 2 is 2.39 bits per heavy atom.